The van der Waals surface area contributed by atoms with Crippen LogP contribution < -0.4 is 10.1 Å². The third-order valence-corrected chi connectivity index (χ3v) is 8.22. The predicted octanol–water partition coefficient (Wildman–Crippen LogP) is 6.44. The molecule has 0 unspecified atom stereocenters. The molecule has 0 aliphatic heterocycles. The molecule has 0 aliphatic rings. The van der Waals surface area contributed by atoms with Gasteiger partial charge in [-0.3, -0.25) is 10.1 Å². The van der Waals surface area contributed by atoms with Crippen molar-refractivity contribution in [2.24, 2.45) is 0 Å². The second-order valence-electron chi connectivity index (χ2n) is 8.83. The van der Waals surface area contributed by atoms with Crippen molar-refractivity contribution >= 4 is 17.7 Å². The van der Waals surface area contributed by atoms with Gasteiger partial charge in [0.15, 0.2) is 0 Å². The first-order chi connectivity index (χ1) is 18.1. The maximum Gasteiger partial charge on any atom is 0.324 e. The van der Waals surface area contributed by atoms with Crippen LogP contribution in [0.4, 0.5) is 0 Å². The fourth-order valence-electron chi connectivity index (χ4n) is 4.61. The molecule has 0 heterocycles. The lowest BCUT2D eigenvalue weighted by atomic mass is 9.84. The Kier molecular flexibility index (Phi) is 9.04. The van der Waals surface area contributed by atoms with E-state index in [1.54, 1.807) is 18.9 Å². The number of rotatable bonds is 11. The fraction of sp³-hybridized carbons (Fsp3) is 0.219. The van der Waals surface area contributed by atoms with E-state index >= 15 is 0 Å². The Hall–Kier alpha value is -3.54. The molecule has 4 aromatic carbocycles. The van der Waals surface area contributed by atoms with E-state index in [0.717, 1.165) is 28.0 Å². The van der Waals surface area contributed by atoms with Crippen LogP contribution in [-0.2, 0) is 20.8 Å². The summed E-state index contributed by atoms with van der Waals surface area (Å²) < 4.78 is 10.00. The average molecular weight is 512 g/mol. The number of esters is 1. The topological polar surface area (TPSA) is 47.6 Å². The predicted molar refractivity (Wildman–Crippen MR) is 152 cm³/mol. The highest BCUT2D eigenvalue weighted by Crippen LogP contribution is 2.50. The van der Waals surface area contributed by atoms with E-state index in [4.69, 9.17) is 9.47 Å². The van der Waals surface area contributed by atoms with Crippen LogP contribution in [0.15, 0.2) is 115 Å². The van der Waals surface area contributed by atoms with Crippen molar-refractivity contribution in [3.8, 4) is 5.75 Å². The number of methoxy groups -OCH3 is 2. The zero-order valence-corrected chi connectivity index (χ0v) is 22.3. The van der Waals surface area contributed by atoms with Gasteiger partial charge in [-0.15, -0.1) is 11.8 Å². The molecular weight excluding hydrogens is 478 g/mol. The number of hydrogen-bond donors (Lipinski definition) is 1. The summed E-state index contributed by atoms with van der Waals surface area (Å²) in [4.78, 5) is 13.1. The summed E-state index contributed by atoms with van der Waals surface area (Å²) in [5.41, 5.74) is 4.53. The number of nitrogens with one attached hydrogen (secondary N) is 1. The van der Waals surface area contributed by atoms with Crippen LogP contribution >= 0.6 is 11.8 Å². The Morgan fingerprint density at radius 1 is 0.757 bits per heavy atom. The van der Waals surface area contributed by atoms with E-state index in [9.17, 15) is 4.79 Å². The number of thioether (sulfide) groups is 1. The molecule has 0 bridgehead atoms. The normalized spacial score (nSPS) is 12.9. The monoisotopic (exact) mass is 511 g/mol. The minimum atomic E-state index is -0.530. The van der Waals surface area contributed by atoms with Crippen molar-refractivity contribution in [2.45, 2.75) is 29.5 Å². The highest BCUT2D eigenvalue weighted by atomic mass is 32.2. The first kappa shape index (κ1) is 26.5. The van der Waals surface area contributed by atoms with Gasteiger partial charge in [0.05, 0.1) is 19.0 Å². The zero-order valence-electron chi connectivity index (χ0n) is 21.5. The maximum absolute atomic E-state index is 13.1. The molecule has 0 saturated carbocycles. The van der Waals surface area contributed by atoms with Gasteiger partial charge >= 0.3 is 5.97 Å². The molecule has 4 rings (SSSR count). The van der Waals surface area contributed by atoms with E-state index in [1.165, 1.54) is 7.11 Å². The van der Waals surface area contributed by atoms with Gasteiger partial charge in [0.1, 0.15) is 11.8 Å². The van der Waals surface area contributed by atoms with Crippen LogP contribution in [0.5, 0.6) is 5.75 Å². The molecule has 0 aliphatic carbocycles. The standard InChI is InChI=1S/C32H33NO3S/c1-24(30(31(34)36-3)33-23-25-19-21-29(35-2)22-20-25)37-32(26-13-7-4-8-14-26,27-15-9-5-10-16-27)28-17-11-6-12-18-28/h4-22,24,30,33H,23H2,1-3H3/t24-,30-/m0/s1. The van der Waals surface area contributed by atoms with Gasteiger partial charge in [0.25, 0.3) is 0 Å². The second kappa shape index (κ2) is 12.6. The molecule has 0 amide bonds. The Bertz CT molecular complexity index is 1150. The fourth-order valence-corrected chi connectivity index (χ4v) is 6.33. The maximum atomic E-state index is 13.1. The minimum Gasteiger partial charge on any atom is -0.497 e. The molecular formula is C32H33NO3S. The van der Waals surface area contributed by atoms with Crippen molar-refractivity contribution in [1.29, 1.82) is 0 Å². The van der Waals surface area contributed by atoms with Gasteiger partial charge in [-0.2, -0.15) is 0 Å². The van der Waals surface area contributed by atoms with Gasteiger partial charge in [0, 0.05) is 11.8 Å². The first-order valence-electron chi connectivity index (χ1n) is 12.4. The van der Waals surface area contributed by atoms with E-state index in [1.807, 2.05) is 42.5 Å². The molecule has 0 aromatic heterocycles. The van der Waals surface area contributed by atoms with Crippen molar-refractivity contribution in [3.63, 3.8) is 0 Å². The Morgan fingerprint density at radius 3 is 1.62 bits per heavy atom. The van der Waals surface area contributed by atoms with E-state index in [-0.39, 0.29) is 11.2 Å². The van der Waals surface area contributed by atoms with Crippen LogP contribution in [0.25, 0.3) is 0 Å². The third-order valence-electron chi connectivity index (χ3n) is 6.51. The molecule has 0 saturated heterocycles. The van der Waals surface area contributed by atoms with Crippen LogP contribution in [0.3, 0.4) is 0 Å². The number of carbonyl (C=O) groups is 1. The van der Waals surface area contributed by atoms with Crippen LogP contribution in [0.1, 0.15) is 29.2 Å². The number of benzene rings is 4. The lowest BCUT2D eigenvalue weighted by Gasteiger charge is -2.39. The lowest BCUT2D eigenvalue weighted by Crippen LogP contribution is -2.45. The molecule has 37 heavy (non-hydrogen) atoms. The van der Waals surface area contributed by atoms with Crippen molar-refractivity contribution in [1.82, 2.24) is 5.32 Å². The second-order valence-corrected chi connectivity index (χ2v) is 10.4. The first-order valence-corrected chi connectivity index (χ1v) is 13.2. The summed E-state index contributed by atoms with van der Waals surface area (Å²) in [6.07, 6.45) is 0. The van der Waals surface area contributed by atoms with E-state index in [2.05, 4.69) is 85.0 Å². The quantitative estimate of drug-likeness (QED) is 0.185. The van der Waals surface area contributed by atoms with Gasteiger partial charge < -0.3 is 9.47 Å². The van der Waals surface area contributed by atoms with Crippen LogP contribution in [0, 0.1) is 0 Å². The molecule has 5 heteroatoms. The molecule has 4 aromatic rings. The number of carbonyl (C=O) groups excluding carboxylic acids is 1. The third kappa shape index (κ3) is 6.07. The smallest absolute Gasteiger partial charge is 0.324 e. The molecule has 0 radical (unpaired) electrons. The van der Waals surface area contributed by atoms with Crippen LogP contribution in [-0.4, -0.2) is 31.5 Å². The zero-order chi connectivity index (χ0) is 26.1. The molecule has 0 fully saturated rings. The summed E-state index contributed by atoms with van der Waals surface area (Å²) in [5.74, 6) is 0.521. The Labute approximate surface area is 224 Å². The SMILES string of the molecule is COC(=O)[C@@H](NCc1ccc(OC)cc1)[C@H](C)SC(c1ccccc1)(c1ccccc1)c1ccccc1. The number of ether oxygens (including phenoxy) is 2. The Morgan fingerprint density at radius 2 is 1.22 bits per heavy atom. The van der Waals surface area contributed by atoms with Gasteiger partial charge in [-0.05, 0) is 34.4 Å². The summed E-state index contributed by atoms with van der Waals surface area (Å²) in [5, 5.41) is 3.33. The van der Waals surface area contributed by atoms with Crippen molar-refractivity contribution in [3.05, 3.63) is 138 Å². The summed E-state index contributed by atoms with van der Waals surface area (Å²) in [6, 6.07) is 38.8. The lowest BCUT2D eigenvalue weighted by molar-refractivity contribution is -0.143. The van der Waals surface area contributed by atoms with E-state index < -0.39 is 10.8 Å². The largest absolute Gasteiger partial charge is 0.497 e. The highest BCUT2D eigenvalue weighted by molar-refractivity contribution is 8.01. The highest BCUT2D eigenvalue weighted by Gasteiger charge is 2.41. The molecule has 2 atom stereocenters. The summed E-state index contributed by atoms with van der Waals surface area (Å²) in [6.45, 7) is 2.63. The van der Waals surface area contributed by atoms with E-state index in [0.29, 0.717) is 6.54 Å². The molecule has 190 valence electrons. The average Bonchev–Trinajstić information content (AvgIpc) is 2.97. The van der Waals surface area contributed by atoms with Crippen molar-refractivity contribution < 1.29 is 14.3 Å². The Balaban J connectivity index is 1.73. The minimum absolute atomic E-state index is 0.133. The van der Waals surface area contributed by atoms with Crippen molar-refractivity contribution in [2.75, 3.05) is 14.2 Å². The van der Waals surface area contributed by atoms with Gasteiger partial charge in [0.2, 0.25) is 0 Å². The summed E-state index contributed by atoms with van der Waals surface area (Å²) in [7, 11) is 3.10. The van der Waals surface area contributed by atoms with Gasteiger partial charge in [-0.25, -0.2) is 0 Å². The van der Waals surface area contributed by atoms with Gasteiger partial charge in [-0.1, -0.05) is 110 Å². The summed E-state index contributed by atoms with van der Waals surface area (Å²) >= 11 is 1.76. The molecule has 1 N–H and O–H groups in total. The van der Waals surface area contributed by atoms with Crippen LogP contribution in [0.2, 0.25) is 0 Å². The molecule has 0 spiro atoms. The number of hydrogen-bond acceptors (Lipinski definition) is 5. The molecule has 4 nitrogen and oxygen atoms in total.